The lowest BCUT2D eigenvalue weighted by molar-refractivity contribution is 0.0865. The maximum absolute atomic E-state index is 12.7. The quantitative estimate of drug-likeness (QED) is 0.751. The summed E-state index contributed by atoms with van der Waals surface area (Å²) in [5.74, 6) is 2.02. The number of furan rings is 1. The van der Waals surface area contributed by atoms with E-state index in [0.717, 1.165) is 34.9 Å². The SMILES string of the molecule is COc1ccc2cc3cc(C(=O)N[C@@H]4CCC[C@H](C)[C@@H]4C)oc3nc2c1. The van der Waals surface area contributed by atoms with E-state index in [1.54, 1.807) is 13.2 Å². The molecule has 1 fully saturated rings. The first-order valence-electron chi connectivity index (χ1n) is 9.24. The number of pyridine rings is 1. The molecule has 5 nitrogen and oxygen atoms in total. The van der Waals surface area contributed by atoms with Gasteiger partial charge in [-0.1, -0.05) is 26.7 Å². The summed E-state index contributed by atoms with van der Waals surface area (Å²) in [6, 6.07) is 9.69. The van der Waals surface area contributed by atoms with E-state index in [1.165, 1.54) is 6.42 Å². The Hall–Kier alpha value is -2.56. The zero-order valence-corrected chi connectivity index (χ0v) is 15.4. The summed E-state index contributed by atoms with van der Waals surface area (Å²) in [5.41, 5.74) is 1.26. The lowest BCUT2D eigenvalue weighted by Crippen LogP contribution is -2.43. The van der Waals surface area contributed by atoms with E-state index >= 15 is 0 Å². The van der Waals surface area contributed by atoms with Gasteiger partial charge in [0.05, 0.1) is 12.6 Å². The van der Waals surface area contributed by atoms with Crippen molar-refractivity contribution < 1.29 is 13.9 Å². The van der Waals surface area contributed by atoms with Crippen molar-refractivity contribution in [2.24, 2.45) is 11.8 Å². The zero-order valence-electron chi connectivity index (χ0n) is 15.4. The van der Waals surface area contributed by atoms with Crippen LogP contribution in [0.15, 0.2) is 34.7 Å². The molecule has 0 bridgehead atoms. The van der Waals surface area contributed by atoms with Gasteiger partial charge in [0.2, 0.25) is 5.71 Å². The second-order valence-electron chi connectivity index (χ2n) is 7.40. The summed E-state index contributed by atoms with van der Waals surface area (Å²) in [6.45, 7) is 4.48. The third-order valence-electron chi connectivity index (χ3n) is 5.76. The van der Waals surface area contributed by atoms with Crippen LogP contribution in [-0.4, -0.2) is 24.0 Å². The molecular weight excluding hydrogens is 328 g/mol. The molecule has 136 valence electrons. The predicted octanol–water partition coefficient (Wildman–Crippen LogP) is 4.54. The van der Waals surface area contributed by atoms with Crippen LogP contribution < -0.4 is 10.1 Å². The highest BCUT2D eigenvalue weighted by atomic mass is 16.5. The number of nitrogens with zero attached hydrogens (tertiary/aromatic N) is 1. The Labute approximate surface area is 152 Å². The Morgan fingerprint density at radius 1 is 1.19 bits per heavy atom. The highest BCUT2D eigenvalue weighted by Gasteiger charge is 2.29. The minimum Gasteiger partial charge on any atom is -0.497 e. The summed E-state index contributed by atoms with van der Waals surface area (Å²) in [7, 11) is 1.63. The largest absolute Gasteiger partial charge is 0.497 e. The van der Waals surface area contributed by atoms with E-state index in [4.69, 9.17) is 9.15 Å². The molecule has 1 aromatic carbocycles. The number of ether oxygens (including phenoxy) is 1. The molecule has 0 spiro atoms. The Bertz CT molecular complexity index is 962. The van der Waals surface area contributed by atoms with Gasteiger partial charge in [0.1, 0.15) is 5.75 Å². The molecule has 1 N–H and O–H groups in total. The van der Waals surface area contributed by atoms with Crippen molar-refractivity contribution in [3.8, 4) is 5.75 Å². The van der Waals surface area contributed by atoms with Gasteiger partial charge in [0, 0.05) is 22.9 Å². The van der Waals surface area contributed by atoms with Gasteiger partial charge in [-0.2, -0.15) is 0 Å². The number of benzene rings is 1. The lowest BCUT2D eigenvalue weighted by atomic mass is 9.78. The molecule has 26 heavy (non-hydrogen) atoms. The van der Waals surface area contributed by atoms with Gasteiger partial charge in [-0.25, -0.2) is 4.98 Å². The number of nitrogens with one attached hydrogen (secondary N) is 1. The first kappa shape index (κ1) is 16.9. The number of amides is 1. The van der Waals surface area contributed by atoms with Crippen molar-refractivity contribution in [3.05, 3.63) is 36.1 Å². The van der Waals surface area contributed by atoms with Crippen LogP contribution in [0.2, 0.25) is 0 Å². The van der Waals surface area contributed by atoms with E-state index in [0.29, 0.717) is 23.3 Å². The molecule has 0 unspecified atom stereocenters. The number of aromatic nitrogens is 1. The molecule has 5 heteroatoms. The molecule has 4 rings (SSSR count). The fourth-order valence-electron chi connectivity index (χ4n) is 3.87. The van der Waals surface area contributed by atoms with Crippen molar-refractivity contribution >= 4 is 27.9 Å². The number of rotatable bonds is 3. The van der Waals surface area contributed by atoms with Crippen LogP contribution in [0.1, 0.15) is 43.7 Å². The number of hydrogen-bond acceptors (Lipinski definition) is 4. The van der Waals surface area contributed by atoms with Crippen LogP contribution >= 0.6 is 0 Å². The second kappa shape index (κ2) is 6.63. The molecule has 3 aromatic rings. The molecule has 0 saturated heterocycles. The highest BCUT2D eigenvalue weighted by molar-refractivity contribution is 5.98. The number of methoxy groups -OCH3 is 1. The Morgan fingerprint density at radius 3 is 2.85 bits per heavy atom. The highest BCUT2D eigenvalue weighted by Crippen LogP contribution is 2.30. The molecule has 1 aliphatic carbocycles. The van der Waals surface area contributed by atoms with Crippen LogP contribution in [0.25, 0.3) is 22.0 Å². The summed E-state index contributed by atoms with van der Waals surface area (Å²) in [6.07, 6.45) is 3.42. The summed E-state index contributed by atoms with van der Waals surface area (Å²) >= 11 is 0. The minimum absolute atomic E-state index is 0.157. The lowest BCUT2D eigenvalue weighted by Gasteiger charge is -2.34. The average Bonchev–Trinajstić information content (AvgIpc) is 3.06. The molecule has 3 atom stereocenters. The molecule has 2 heterocycles. The Kier molecular flexibility index (Phi) is 4.31. The molecule has 0 aliphatic heterocycles. The first-order valence-corrected chi connectivity index (χ1v) is 9.24. The first-order chi connectivity index (χ1) is 12.5. The van der Waals surface area contributed by atoms with E-state index in [9.17, 15) is 4.79 Å². The minimum atomic E-state index is -0.157. The Balaban J connectivity index is 1.62. The van der Waals surface area contributed by atoms with Crippen LogP contribution in [0.4, 0.5) is 0 Å². The fraction of sp³-hybridized carbons (Fsp3) is 0.429. The number of carbonyl (C=O) groups excluding carboxylic acids is 1. The van der Waals surface area contributed by atoms with Crippen molar-refractivity contribution in [3.63, 3.8) is 0 Å². The van der Waals surface area contributed by atoms with Crippen LogP contribution in [0.3, 0.4) is 0 Å². The topological polar surface area (TPSA) is 64.4 Å². The van der Waals surface area contributed by atoms with E-state index in [-0.39, 0.29) is 11.9 Å². The summed E-state index contributed by atoms with van der Waals surface area (Å²) in [4.78, 5) is 17.2. The van der Waals surface area contributed by atoms with E-state index in [2.05, 4.69) is 24.1 Å². The van der Waals surface area contributed by atoms with Crippen LogP contribution in [-0.2, 0) is 0 Å². The monoisotopic (exact) mass is 352 g/mol. The van der Waals surface area contributed by atoms with Gasteiger partial charge in [-0.05, 0) is 42.5 Å². The maximum Gasteiger partial charge on any atom is 0.287 e. The normalized spacial score (nSPS) is 23.3. The van der Waals surface area contributed by atoms with Crippen molar-refractivity contribution in [1.29, 1.82) is 0 Å². The maximum atomic E-state index is 12.7. The Morgan fingerprint density at radius 2 is 2.04 bits per heavy atom. The number of hydrogen-bond donors (Lipinski definition) is 1. The van der Waals surface area contributed by atoms with Crippen LogP contribution in [0, 0.1) is 11.8 Å². The third kappa shape index (κ3) is 3.02. The van der Waals surface area contributed by atoms with Crippen LogP contribution in [0.5, 0.6) is 5.75 Å². The third-order valence-corrected chi connectivity index (χ3v) is 5.76. The summed E-state index contributed by atoms with van der Waals surface area (Å²) in [5, 5.41) is 4.97. The van der Waals surface area contributed by atoms with Crippen molar-refractivity contribution in [2.45, 2.75) is 39.2 Å². The predicted molar refractivity (Wildman–Crippen MR) is 102 cm³/mol. The molecule has 1 amide bonds. The van der Waals surface area contributed by atoms with E-state index < -0.39 is 0 Å². The van der Waals surface area contributed by atoms with Gasteiger partial charge < -0.3 is 14.5 Å². The number of fused-ring (bicyclic) bond motifs is 2. The molecule has 1 aliphatic rings. The zero-order chi connectivity index (χ0) is 18.3. The smallest absolute Gasteiger partial charge is 0.287 e. The summed E-state index contributed by atoms with van der Waals surface area (Å²) < 4.78 is 11.0. The number of carbonyl (C=O) groups is 1. The van der Waals surface area contributed by atoms with Gasteiger partial charge in [0.15, 0.2) is 5.76 Å². The molecule has 0 radical (unpaired) electrons. The molecular formula is C21H24N2O3. The molecule has 2 aromatic heterocycles. The standard InChI is InChI=1S/C21H24N2O3/c1-12-5-4-6-17(13(12)2)22-20(24)19-10-15-9-14-7-8-16(25-3)11-18(14)23-21(15)26-19/h7-13,17H,4-6H2,1-3H3,(H,22,24)/t12-,13-,17+/m0/s1. The molecule has 1 saturated carbocycles. The fourth-order valence-corrected chi connectivity index (χ4v) is 3.87. The van der Waals surface area contributed by atoms with E-state index in [1.807, 2.05) is 24.3 Å². The van der Waals surface area contributed by atoms with Gasteiger partial charge in [0.25, 0.3) is 5.91 Å². The van der Waals surface area contributed by atoms with Gasteiger partial charge in [-0.15, -0.1) is 0 Å². The average molecular weight is 352 g/mol. The van der Waals surface area contributed by atoms with Gasteiger partial charge >= 0.3 is 0 Å². The van der Waals surface area contributed by atoms with Gasteiger partial charge in [-0.3, -0.25) is 4.79 Å². The second-order valence-corrected chi connectivity index (χ2v) is 7.40. The van der Waals surface area contributed by atoms with Crippen molar-refractivity contribution in [2.75, 3.05) is 7.11 Å². The van der Waals surface area contributed by atoms with Crippen molar-refractivity contribution in [1.82, 2.24) is 10.3 Å².